The number of pyridine rings is 1. The predicted octanol–water partition coefficient (Wildman–Crippen LogP) is 2.99. The average Bonchev–Trinajstić information content (AvgIpc) is 2.97. The minimum Gasteiger partial charge on any atom is -0.497 e. The van der Waals surface area contributed by atoms with Crippen LogP contribution in [0.2, 0.25) is 0 Å². The summed E-state index contributed by atoms with van der Waals surface area (Å²) < 4.78 is 12.9. The Labute approximate surface area is 128 Å². The van der Waals surface area contributed by atoms with Crippen molar-refractivity contribution < 1.29 is 9.47 Å². The molecule has 0 aliphatic carbocycles. The number of hydrogen-bond acceptors (Lipinski definition) is 4. The zero-order valence-corrected chi connectivity index (χ0v) is 12.2. The Morgan fingerprint density at radius 3 is 2.77 bits per heavy atom. The lowest BCUT2D eigenvalue weighted by Gasteiger charge is -2.08. The number of ether oxygens (including phenoxy) is 2. The van der Waals surface area contributed by atoms with Gasteiger partial charge in [0.15, 0.2) is 11.4 Å². The van der Waals surface area contributed by atoms with Crippen molar-refractivity contribution in [2.75, 3.05) is 7.11 Å². The quantitative estimate of drug-likeness (QED) is 0.725. The second-order valence-electron chi connectivity index (χ2n) is 4.81. The van der Waals surface area contributed by atoms with Crippen molar-refractivity contribution in [1.29, 1.82) is 5.26 Å². The minimum absolute atomic E-state index is 0.291. The normalized spacial score (nSPS) is 10.4. The fraction of sp³-hybridized carbons (Fsp3) is 0.176. The molecular weight excluding hydrogens is 278 g/mol. The van der Waals surface area contributed by atoms with Crippen LogP contribution < -0.4 is 9.47 Å². The van der Waals surface area contributed by atoms with E-state index in [4.69, 9.17) is 14.7 Å². The molecule has 0 bridgehead atoms. The van der Waals surface area contributed by atoms with Gasteiger partial charge in [0, 0.05) is 12.4 Å². The van der Waals surface area contributed by atoms with E-state index in [1.807, 2.05) is 53.2 Å². The molecule has 2 aromatic heterocycles. The highest BCUT2D eigenvalue weighted by atomic mass is 16.5. The van der Waals surface area contributed by atoms with Crippen LogP contribution in [0.15, 0.2) is 48.8 Å². The summed E-state index contributed by atoms with van der Waals surface area (Å²) in [6, 6.07) is 13.6. The first-order chi connectivity index (χ1) is 10.8. The molecule has 1 aromatic carbocycles. The maximum atomic E-state index is 8.77. The molecule has 0 aliphatic rings. The predicted molar refractivity (Wildman–Crippen MR) is 81.8 cm³/mol. The number of imidazole rings is 1. The lowest BCUT2D eigenvalue weighted by atomic mass is 10.2. The Balaban J connectivity index is 1.79. The molecule has 0 unspecified atom stereocenters. The largest absolute Gasteiger partial charge is 0.497 e. The third kappa shape index (κ3) is 2.86. The molecular formula is C17H15N3O2. The summed E-state index contributed by atoms with van der Waals surface area (Å²) in [7, 11) is 1.64. The van der Waals surface area contributed by atoms with Crippen LogP contribution in [0, 0.1) is 11.3 Å². The number of nitriles is 1. The van der Waals surface area contributed by atoms with Gasteiger partial charge in [-0.2, -0.15) is 5.26 Å². The van der Waals surface area contributed by atoms with Crippen LogP contribution in [0.4, 0.5) is 0 Å². The molecule has 2 heterocycles. The van der Waals surface area contributed by atoms with Crippen LogP contribution in [-0.4, -0.2) is 16.5 Å². The van der Waals surface area contributed by atoms with E-state index in [9.17, 15) is 0 Å². The fourth-order valence-corrected chi connectivity index (χ4v) is 2.20. The van der Waals surface area contributed by atoms with Gasteiger partial charge in [-0.3, -0.25) is 0 Å². The molecule has 0 N–H and O–H groups in total. The molecule has 110 valence electrons. The highest BCUT2D eigenvalue weighted by Crippen LogP contribution is 2.21. The van der Waals surface area contributed by atoms with Crippen molar-refractivity contribution in [3.05, 3.63) is 60.0 Å². The lowest BCUT2D eigenvalue weighted by Crippen LogP contribution is -1.97. The van der Waals surface area contributed by atoms with Gasteiger partial charge in [0.05, 0.1) is 25.3 Å². The first kappa shape index (κ1) is 14.0. The molecule has 22 heavy (non-hydrogen) atoms. The molecule has 0 amide bonds. The number of aromatic nitrogens is 2. The van der Waals surface area contributed by atoms with Gasteiger partial charge in [-0.15, -0.1) is 0 Å². The smallest absolute Gasteiger partial charge is 0.179 e. The first-order valence-corrected chi connectivity index (χ1v) is 6.89. The number of benzene rings is 1. The SMILES string of the molecule is COc1ccc(COc2cccn3cc(CC#N)nc23)cc1. The number of nitrogens with zero attached hydrogens (tertiary/aromatic N) is 3. The Morgan fingerprint density at radius 2 is 2.05 bits per heavy atom. The third-order valence-corrected chi connectivity index (χ3v) is 3.31. The van der Waals surface area contributed by atoms with Crippen molar-refractivity contribution >= 4 is 5.65 Å². The summed E-state index contributed by atoms with van der Waals surface area (Å²) in [6.07, 6.45) is 4.03. The standard InChI is InChI=1S/C17H15N3O2/c1-21-15-6-4-13(5-7-15)12-22-16-3-2-10-20-11-14(8-9-18)19-17(16)20/h2-7,10-11H,8,12H2,1H3. The molecule has 5 nitrogen and oxygen atoms in total. The van der Waals surface area contributed by atoms with Crippen molar-refractivity contribution in [2.45, 2.75) is 13.0 Å². The second-order valence-corrected chi connectivity index (χ2v) is 4.81. The van der Waals surface area contributed by atoms with Gasteiger partial charge in [0.25, 0.3) is 0 Å². The summed E-state index contributed by atoms with van der Waals surface area (Å²) >= 11 is 0. The van der Waals surface area contributed by atoms with E-state index in [1.54, 1.807) is 7.11 Å². The highest BCUT2D eigenvalue weighted by molar-refractivity contribution is 5.54. The fourth-order valence-electron chi connectivity index (χ4n) is 2.20. The van der Waals surface area contributed by atoms with Gasteiger partial charge in [-0.1, -0.05) is 12.1 Å². The summed E-state index contributed by atoms with van der Waals surface area (Å²) in [5.41, 5.74) is 2.51. The van der Waals surface area contributed by atoms with E-state index in [1.165, 1.54) is 0 Å². The van der Waals surface area contributed by atoms with E-state index < -0.39 is 0 Å². The molecule has 0 radical (unpaired) electrons. The van der Waals surface area contributed by atoms with Crippen LogP contribution in [0.5, 0.6) is 11.5 Å². The van der Waals surface area contributed by atoms with Crippen LogP contribution in [-0.2, 0) is 13.0 Å². The lowest BCUT2D eigenvalue weighted by molar-refractivity contribution is 0.308. The van der Waals surface area contributed by atoms with Gasteiger partial charge in [0.2, 0.25) is 0 Å². The Morgan fingerprint density at radius 1 is 1.23 bits per heavy atom. The second kappa shape index (κ2) is 6.19. The van der Waals surface area contributed by atoms with E-state index in [-0.39, 0.29) is 0 Å². The summed E-state index contributed by atoms with van der Waals surface area (Å²) in [5, 5.41) is 8.77. The van der Waals surface area contributed by atoms with Gasteiger partial charge in [-0.25, -0.2) is 4.98 Å². The third-order valence-electron chi connectivity index (χ3n) is 3.31. The maximum Gasteiger partial charge on any atom is 0.179 e. The zero-order valence-electron chi connectivity index (χ0n) is 12.2. The topological polar surface area (TPSA) is 59.5 Å². The van der Waals surface area contributed by atoms with E-state index >= 15 is 0 Å². The molecule has 5 heteroatoms. The number of hydrogen-bond donors (Lipinski definition) is 0. The van der Waals surface area contributed by atoms with E-state index in [0.717, 1.165) is 22.7 Å². The van der Waals surface area contributed by atoms with Crippen LogP contribution in [0.3, 0.4) is 0 Å². The van der Waals surface area contributed by atoms with E-state index in [0.29, 0.717) is 18.8 Å². The molecule has 0 fully saturated rings. The number of rotatable bonds is 5. The van der Waals surface area contributed by atoms with E-state index in [2.05, 4.69) is 11.1 Å². The average molecular weight is 293 g/mol. The zero-order chi connectivity index (χ0) is 15.4. The van der Waals surface area contributed by atoms with Gasteiger partial charge >= 0.3 is 0 Å². The molecule has 0 atom stereocenters. The minimum atomic E-state index is 0.291. The van der Waals surface area contributed by atoms with Crippen molar-refractivity contribution in [3.63, 3.8) is 0 Å². The van der Waals surface area contributed by atoms with Crippen LogP contribution in [0.25, 0.3) is 5.65 Å². The molecule has 0 aliphatic heterocycles. The molecule has 0 saturated heterocycles. The molecule has 0 saturated carbocycles. The van der Waals surface area contributed by atoms with Crippen molar-refractivity contribution in [1.82, 2.24) is 9.38 Å². The Kier molecular flexibility index (Phi) is 3.92. The molecule has 3 aromatic rings. The van der Waals surface area contributed by atoms with Crippen LogP contribution in [0.1, 0.15) is 11.3 Å². The van der Waals surface area contributed by atoms with Crippen molar-refractivity contribution in [3.8, 4) is 17.6 Å². The maximum absolute atomic E-state index is 8.77. The Bertz CT molecular complexity index is 816. The number of fused-ring (bicyclic) bond motifs is 1. The summed E-state index contributed by atoms with van der Waals surface area (Å²) in [5.74, 6) is 1.52. The summed E-state index contributed by atoms with van der Waals surface area (Å²) in [6.45, 7) is 0.449. The Hall–Kier alpha value is -3.00. The van der Waals surface area contributed by atoms with Gasteiger partial charge in [0.1, 0.15) is 12.4 Å². The molecule has 3 rings (SSSR count). The monoisotopic (exact) mass is 293 g/mol. The first-order valence-electron chi connectivity index (χ1n) is 6.89. The van der Waals surface area contributed by atoms with Gasteiger partial charge < -0.3 is 13.9 Å². The van der Waals surface area contributed by atoms with Crippen molar-refractivity contribution in [2.24, 2.45) is 0 Å². The number of methoxy groups -OCH3 is 1. The summed E-state index contributed by atoms with van der Waals surface area (Å²) in [4.78, 5) is 4.44. The van der Waals surface area contributed by atoms with Gasteiger partial charge in [-0.05, 0) is 29.8 Å². The highest BCUT2D eigenvalue weighted by Gasteiger charge is 2.07. The van der Waals surface area contributed by atoms with Crippen LogP contribution >= 0.6 is 0 Å². The molecule has 0 spiro atoms.